The molecule has 0 atom stereocenters. The van der Waals surface area contributed by atoms with Crippen molar-refractivity contribution in [2.24, 2.45) is 0 Å². The molecule has 0 unspecified atom stereocenters. The molecule has 0 saturated carbocycles. The van der Waals surface area contributed by atoms with Crippen LogP contribution in [0.2, 0.25) is 0 Å². The number of carbonyl (C=O) groups is 2. The Balaban J connectivity index is 1.71. The number of thioether (sulfide) groups is 1. The maximum atomic E-state index is 12.1. The van der Waals surface area contributed by atoms with Crippen molar-refractivity contribution in [1.29, 1.82) is 0 Å². The molecular formula is C16H19BrN4O3S. The lowest BCUT2D eigenvalue weighted by Gasteiger charge is -2.14. The molecule has 0 aliphatic rings. The topological polar surface area (TPSA) is 88.3 Å². The van der Waals surface area contributed by atoms with Gasteiger partial charge >= 0.3 is 0 Å². The predicted molar refractivity (Wildman–Crippen MR) is 100 cm³/mol. The maximum Gasteiger partial charge on any atom is 0.246 e. The Labute approximate surface area is 158 Å². The van der Waals surface area contributed by atoms with Crippen LogP contribution in [0.25, 0.3) is 0 Å². The predicted octanol–water partition coefficient (Wildman–Crippen LogP) is 2.72. The van der Waals surface area contributed by atoms with E-state index in [0.29, 0.717) is 23.8 Å². The average molecular weight is 427 g/mol. The third-order valence-corrected chi connectivity index (χ3v) is 4.60. The van der Waals surface area contributed by atoms with E-state index in [1.165, 1.54) is 16.7 Å². The molecule has 0 fully saturated rings. The van der Waals surface area contributed by atoms with Crippen LogP contribution in [0.5, 0.6) is 0 Å². The van der Waals surface area contributed by atoms with Gasteiger partial charge in [0.05, 0.1) is 18.1 Å². The van der Waals surface area contributed by atoms with Gasteiger partial charge in [-0.2, -0.15) is 4.98 Å². The van der Waals surface area contributed by atoms with Crippen LogP contribution in [-0.2, 0) is 22.6 Å². The number of hydrogen-bond donors (Lipinski definition) is 1. The first-order valence-corrected chi connectivity index (χ1v) is 9.61. The highest BCUT2D eigenvalue weighted by Crippen LogP contribution is 2.16. The van der Waals surface area contributed by atoms with Crippen LogP contribution in [0.3, 0.4) is 0 Å². The maximum absolute atomic E-state index is 12.1. The van der Waals surface area contributed by atoms with Gasteiger partial charge in [-0.25, -0.2) is 0 Å². The minimum atomic E-state index is -0.150. The van der Waals surface area contributed by atoms with Crippen LogP contribution in [0.1, 0.15) is 18.6 Å². The number of benzene rings is 1. The van der Waals surface area contributed by atoms with Gasteiger partial charge in [-0.15, -0.1) is 11.8 Å². The summed E-state index contributed by atoms with van der Waals surface area (Å²) in [5.74, 6) is 1.18. The molecule has 1 heterocycles. The highest BCUT2D eigenvalue weighted by molar-refractivity contribution is 9.10. The van der Waals surface area contributed by atoms with Gasteiger partial charge in [0.2, 0.25) is 17.7 Å². The summed E-state index contributed by atoms with van der Waals surface area (Å²) in [6, 6.07) is 7.34. The first kappa shape index (κ1) is 19.5. The lowest BCUT2D eigenvalue weighted by atomic mass is 10.3. The highest BCUT2D eigenvalue weighted by Gasteiger charge is 2.14. The van der Waals surface area contributed by atoms with Crippen LogP contribution < -0.4 is 5.32 Å². The summed E-state index contributed by atoms with van der Waals surface area (Å²) >= 11 is 4.61. The van der Waals surface area contributed by atoms with Gasteiger partial charge < -0.3 is 14.7 Å². The largest absolute Gasteiger partial charge is 0.337 e. The van der Waals surface area contributed by atoms with Crippen molar-refractivity contribution < 1.29 is 14.1 Å². The van der Waals surface area contributed by atoms with Crippen molar-refractivity contribution in [2.45, 2.75) is 19.9 Å². The van der Waals surface area contributed by atoms with Crippen molar-refractivity contribution in [3.8, 4) is 0 Å². The van der Waals surface area contributed by atoms with Gasteiger partial charge in [0.25, 0.3) is 0 Å². The minimum Gasteiger partial charge on any atom is -0.337 e. The van der Waals surface area contributed by atoms with E-state index in [1.807, 2.05) is 25.1 Å². The molecule has 2 amide bonds. The quantitative estimate of drug-likeness (QED) is 0.697. The molecule has 2 rings (SSSR count). The number of aromatic nitrogens is 2. The summed E-state index contributed by atoms with van der Waals surface area (Å²) in [4.78, 5) is 29.7. The molecule has 0 aliphatic carbocycles. The summed E-state index contributed by atoms with van der Waals surface area (Å²) < 4.78 is 5.96. The van der Waals surface area contributed by atoms with E-state index >= 15 is 0 Å². The average Bonchev–Trinajstić information content (AvgIpc) is 3.02. The summed E-state index contributed by atoms with van der Waals surface area (Å²) in [6.45, 7) is 2.19. The van der Waals surface area contributed by atoms with E-state index in [0.717, 1.165) is 4.47 Å². The molecule has 134 valence electrons. The fraction of sp³-hybridized carbons (Fsp3) is 0.375. The Kier molecular flexibility index (Phi) is 7.45. The van der Waals surface area contributed by atoms with Gasteiger partial charge in [0, 0.05) is 23.6 Å². The molecule has 7 nitrogen and oxygen atoms in total. The molecule has 1 aromatic heterocycles. The second-order valence-electron chi connectivity index (χ2n) is 5.26. The summed E-state index contributed by atoms with van der Waals surface area (Å²) in [6.07, 6.45) is 0.685. The normalized spacial score (nSPS) is 10.5. The van der Waals surface area contributed by atoms with E-state index in [-0.39, 0.29) is 29.9 Å². The second-order valence-corrected chi connectivity index (χ2v) is 7.16. The van der Waals surface area contributed by atoms with E-state index in [1.54, 1.807) is 13.1 Å². The number of hydrogen-bond acceptors (Lipinski definition) is 6. The minimum absolute atomic E-state index is 0.100. The van der Waals surface area contributed by atoms with Gasteiger partial charge in [0.1, 0.15) is 0 Å². The van der Waals surface area contributed by atoms with Crippen LogP contribution >= 0.6 is 27.7 Å². The number of nitrogens with zero attached hydrogens (tertiary/aromatic N) is 3. The van der Waals surface area contributed by atoms with E-state index in [4.69, 9.17) is 4.52 Å². The Hall–Kier alpha value is -1.87. The number of carbonyl (C=O) groups excluding carboxylic acids is 2. The Morgan fingerprint density at radius 1 is 1.36 bits per heavy atom. The molecular weight excluding hydrogens is 408 g/mol. The van der Waals surface area contributed by atoms with Crippen LogP contribution in [0.15, 0.2) is 33.3 Å². The lowest BCUT2D eigenvalue weighted by molar-refractivity contribution is -0.127. The van der Waals surface area contributed by atoms with Crippen molar-refractivity contribution in [2.75, 3.05) is 23.9 Å². The van der Waals surface area contributed by atoms with Crippen molar-refractivity contribution in [1.82, 2.24) is 15.0 Å². The fourth-order valence-corrected chi connectivity index (χ4v) is 3.05. The number of aryl methyl sites for hydroxylation is 1. The van der Waals surface area contributed by atoms with E-state index in [2.05, 4.69) is 31.4 Å². The smallest absolute Gasteiger partial charge is 0.246 e. The molecule has 0 bridgehead atoms. The molecule has 2 aromatic rings. The zero-order valence-electron chi connectivity index (χ0n) is 14.0. The number of nitrogens with one attached hydrogen (secondary N) is 1. The van der Waals surface area contributed by atoms with Crippen molar-refractivity contribution >= 4 is 45.2 Å². The molecule has 0 aliphatic heterocycles. The summed E-state index contributed by atoms with van der Waals surface area (Å²) in [7, 11) is 1.67. The lowest BCUT2D eigenvalue weighted by Crippen LogP contribution is -2.28. The van der Waals surface area contributed by atoms with Gasteiger partial charge in [-0.3, -0.25) is 9.59 Å². The Bertz CT molecular complexity index is 738. The first-order chi connectivity index (χ1) is 12.0. The van der Waals surface area contributed by atoms with Crippen molar-refractivity contribution in [3.05, 3.63) is 40.5 Å². The SMILES string of the molecule is CCc1noc(CN(C)C(=O)CSCC(=O)Nc2cccc(Br)c2)n1. The molecule has 1 N–H and O–H groups in total. The molecule has 1 aromatic carbocycles. The highest BCUT2D eigenvalue weighted by atomic mass is 79.9. The summed E-state index contributed by atoms with van der Waals surface area (Å²) in [5.41, 5.74) is 0.714. The number of rotatable bonds is 8. The fourth-order valence-electron chi connectivity index (χ4n) is 1.89. The zero-order chi connectivity index (χ0) is 18.2. The number of amides is 2. The monoisotopic (exact) mass is 426 g/mol. The second kappa shape index (κ2) is 9.57. The first-order valence-electron chi connectivity index (χ1n) is 7.66. The molecule has 0 spiro atoms. The van der Waals surface area contributed by atoms with Gasteiger partial charge in [-0.1, -0.05) is 34.1 Å². The number of anilines is 1. The molecule has 25 heavy (non-hydrogen) atoms. The molecule has 9 heteroatoms. The van der Waals surface area contributed by atoms with Gasteiger partial charge in [0.15, 0.2) is 5.82 Å². The molecule has 0 saturated heterocycles. The standard InChI is InChI=1S/C16H19BrN4O3S/c1-3-13-19-15(24-20-13)8-21(2)16(23)10-25-9-14(22)18-12-6-4-5-11(17)7-12/h4-7H,3,8-10H2,1-2H3,(H,18,22). The van der Waals surface area contributed by atoms with Crippen molar-refractivity contribution in [3.63, 3.8) is 0 Å². The number of halogens is 1. The Morgan fingerprint density at radius 2 is 2.16 bits per heavy atom. The van der Waals surface area contributed by atoms with E-state index in [9.17, 15) is 9.59 Å². The Morgan fingerprint density at radius 3 is 2.84 bits per heavy atom. The zero-order valence-corrected chi connectivity index (χ0v) is 16.4. The van der Waals surface area contributed by atoms with Crippen LogP contribution in [0.4, 0.5) is 5.69 Å². The molecule has 0 radical (unpaired) electrons. The van der Waals surface area contributed by atoms with E-state index < -0.39 is 0 Å². The van der Waals surface area contributed by atoms with Crippen LogP contribution in [-0.4, -0.2) is 45.4 Å². The summed E-state index contributed by atoms with van der Waals surface area (Å²) in [5, 5.41) is 6.58. The third kappa shape index (κ3) is 6.50. The van der Waals surface area contributed by atoms with Gasteiger partial charge in [-0.05, 0) is 18.2 Å². The van der Waals surface area contributed by atoms with Crippen LogP contribution in [0, 0.1) is 0 Å². The third-order valence-electron chi connectivity index (χ3n) is 3.19.